The molecule has 0 aliphatic carbocycles. The molecular weight excluding hydrogens is 204 g/mol. The second kappa shape index (κ2) is 5.09. The Kier molecular flexibility index (Phi) is 4.04. The average molecular weight is 222 g/mol. The van der Waals surface area contributed by atoms with Crippen LogP contribution in [0.5, 0.6) is 0 Å². The molecule has 16 heavy (non-hydrogen) atoms. The Morgan fingerprint density at radius 1 is 1.44 bits per heavy atom. The quantitative estimate of drug-likeness (QED) is 0.786. The van der Waals surface area contributed by atoms with Crippen molar-refractivity contribution < 1.29 is 9.90 Å². The molecule has 0 aliphatic heterocycles. The molecule has 0 fully saturated rings. The number of aliphatic hydroxyl groups is 1. The highest BCUT2D eigenvalue weighted by atomic mass is 16.3. The second-order valence-corrected chi connectivity index (χ2v) is 3.95. The van der Waals surface area contributed by atoms with E-state index in [2.05, 4.69) is 0 Å². The van der Waals surface area contributed by atoms with Crippen LogP contribution in [0, 0.1) is 13.8 Å². The molecule has 1 aromatic rings. The van der Waals surface area contributed by atoms with Gasteiger partial charge in [-0.2, -0.15) is 0 Å². The van der Waals surface area contributed by atoms with Crippen molar-refractivity contribution in [1.82, 2.24) is 0 Å². The first-order chi connectivity index (χ1) is 7.47. The highest BCUT2D eigenvalue weighted by molar-refractivity contribution is 5.96. The van der Waals surface area contributed by atoms with E-state index in [4.69, 9.17) is 10.8 Å². The number of nitrogens with zero attached hydrogens (tertiary/aromatic N) is 1. The van der Waals surface area contributed by atoms with Gasteiger partial charge in [-0.05, 0) is 37.1 Å². The van der Waals surface area contributed by atoms with E-state index in [1.165, 1.54) is 10.5 Å². The lowest BCUT2D eigenvalue weighted by Crippen LogP contribution is -2.44. The Hall–Kier alpha value is -1.39. The second-order valence-electron chi connectivity index (χ2n) is 3.95. The number of carbonyl (C=O) groups is 1. The first-order valence-electron chi connectivity index (χ1n) is 5.18. The van der Waals surface area contributed by atoms with E-state index < -0.39 is 6.04 Å². The Morgan fingerprint density at radius 3 is 2.56 bits per heavy atom. The van der Waals surface area contributed by atoms with Crippen LogP contribution < -0.4 is 10.6 Å². The van der Waals surface area contributed by atoms with Gasteiger partial charge in [0.05, 0.1) is 6.61 Å². The standard InChI is InChI=1S/C12H18N2O2/c1-8-4-5-10(6-9(8)2)14(3)12(16)11(13)7-15/h4-6,11,15H,7,13H2,1-3H3. The monoisotopic (exact) mass is 222 g/mol. The lowest BCUT2D eigenvalue weighted by atomic mass is 10.1. The van der Waals surface area contributed by atoms with Crippen LogP contribution >= 0.6 is 0 Å². The van der Waals surface area contributed by atoms with Gasteiger partial charge in [-0.25, -0.2) is 0 Å². The number of rotatable bonds is 3. The third-order valence-corrected chi connectivity index (χ3v) is 2.72. The summed E-state index contributed by atoms with van der Waals surface area (Å²) < 4.78 is 0. The molecule has 0 radical (unpaired) electrons. The largest absolute Gasteiger partial charge is 0.394 e. The van der Waals surface area contributed by atoms with Crippen LogP contribution in [0.2, 0.25) is 0 Å². The molecule has 4 nitrogen and oxygen atoms in total. The summed E-state index contributed by atoms with van der Waals surface area (Å²) in [4.78, 5) is 13.2. The van der Waals surface area contributed by atoms with Gasteiger partial charge in [0.1, 0.15) is 6.04 Å². The minimum atomic E-state index is -0.855. The Balaban J connectivity index is 2.92. The molecule has 0 saturated heterocycles. The van der Waals surface area contributed by atoms with Crippen molar-refractivity contribution in [2.45, 2.75) is 19.9 Å². The van der Waals surface area contributed by atoms with Crippen molar-refractivity contribution in [2.24, 2.45) is 5.73 Å². The maximum atomic E-state index is 11.7. The fourth-order valence-corrected chi connectivity index (χ4v) is 1.39. The molecule has 0 aromatic heterocycles. The number of carbonyl (C=O) groups excluding carboxylic acids is 1. The molecule has 0 bridgehead atoms. The maximum Gasteiger partial charge on any atom is 0.246 e. The van der Waals surface area contributed by atoms with Gasteiger partial charge >= 0.3 is 0 Å². The fourth-order valence-electron chi connectivity index (χ4n) is 1.39. The number of benzene rings is 1. The van der Waals surface area contributed by atoms with Crippen molar-refractivity contribution in [3.8, 4) is 0 Å². The number of aliphatic hydroxyl groups excluding tert-OH is 1. The Bertz CT molecular complexity index is 391. The van der Waals surface area contributed by atoms with Crippen LogP contribution in [0.4, 0.5) is 5.69 Å². The van der Waals surface area contributed by atoms with E-state index in [-0.39, 0.29) is 12.5 Å². The van der Waals surface area contributed by atoms with E-state index in [1.54, 1.807) is 7.05 Å². The molecule has 3 N–H and O–H groups in total. The van der Waals surface area contributed by atoms with Gasteiger partial charge < -0.3 is 15.7 Å². The first-order valence-corrected chi connectivity index (χ1v) is 5.18. The molecular formula is C12H18N2O2. The number of nitrogens with two attached hydrogens (primary N) is 1. The number of amides is 1. The predicted molar refractivity (Wildman–Crippen MR) is 64.4 cm³/mol. The summed E-state index contributed by atoms with van der Waals surface area (Å²) >= 11 is 0. The predicted octanol–water partition coefficient (Wildman–Crippen LogP) is 0.586. The molecule has 0 heterocycles. The zero-order valence-corrected chi connectivity index (χ0v) is 9.90. The van der Waals surface area contributed by atoms with Gasteiger partial charge in [-0.15, -0.1) is 0 Å². The molecule has 1 atom stereocenters. The molecule has 1 amide bonds. The van der Waals surface area contributed by atoms with Crippen LogP contribution in [0.15, 0.2) is 18.2 Å². The lowest BCUT2D eigenvalue weighted by Gasteiger charge is -2.21. The molecule has 1 rings (SSSR count). The van der Waals surface area contributed by atoms with Gasteiger partial charge in [-0.3, -0.25) is 4.79 Å². The highest BCUT2D eigenvalue weighted by Crippen LogP contribution is 2.17. The van der Waals surface area contributed by atoms with Gasteiger partial charge in [0.2, 0.25) is 5.91 Å². The summed E-state index contributed by atoms with van der Waals surface area (Å²) in [5.74, 6) is -0.286. The van der Waals surface area contributed by atoms with Crippen molar-refractivity contribution in [2.75, 3.05) is 18.6 Å². The Labute approximate surface area is 95.7 Å². The maximum absolute atomic E-state index is 11.7. The zero-order chi connectivity index (χ0) is 12.3. The van der Waals surface area contributed by atoms with Crippen molar-refractivity contribution >= 4 is 11.6 Å². The van der Waals surface area contributed by atoms with Gasteiger partial charge in [0.15, 0.2) is 0 Å². The average Bonchev–Trinajstić information content (AvgIpc) is 2.29. The first kappa shape index (κ1) is 12.7. The van der Waals surface area contributed by atoms with Crippen LogP contribution in [0.1, 0.15) is 11.1 Å². The SMILES string of the molecule is Cc1ccc(N(C)C(=O)C(N)CO)cc1C. The number of likely N-dealkylation sites (N-methyl/N-ethyl adjacent to an activating group) is 1. The minimum Gasteiger partial charge on any atom is -0.394 e. The third-order valence-electron chi connectivity index (χ3n) is 2.72. The van der Waals surface area contributed by atoms with E-state index in [0.29, 0.717) is 0 Å². The van der Waals surface area contributed by atoms with Gasteiger partial charge in [0.25, 0.3) is 0 Å². The number of hydrogen-bond acceptors (Lipinski definition) is 3. The van der Waals surface area contributed by atoms with Crippen molar-refractivity contribution in [3.05, 3.63) is 29.3 Å². The normalized spacial score (nSPS) is 12.3. The summed E-state index contributed by atoms with van der Waals surface area (Å²) in [6, 6.07) is 4.90. The minimum absolute atomic E-state index is 0.286. The number of anilines is 1. The Morgan fingerprint density at radius 2 is 2.06 bits per heavy atom. The van der Waals surface area contributed by atoms with Crippen LogP contribution in [-0.4, -0.2) is 30.7 Å². The molecule has 0 spiro atoms. The molecule has 1 unspecified atom stereocenters. The lowest BCUT2D eigenvalue weighted by molar-refractivity contribution is -0.120. The molecule has 1 aromatic carbocycles. The van der Waals surface area contributed by atoms with Crippen molar-refractivity contribution in [1.29, 1.82) is 0 Å². The summed E-state index contributed by atoms with van der Waals surface area (Å²) in [5, 5.41) is 8.83. The fraction of sp³-hybridized carbons (Fsp3) is 0.417. The van der Waals surface area contributed by atoms with E-state index >= 15 is 0 Å². The summed E-state index contributed by atoms with van der Waals surface area (Å²) in [5.41, 5.74) is 8.57. The topological polar surface area (TPSA) is 66.6 Å². The van der Waals surface area contributed by atoms with Gasteiger partial charge in [0, 0.05) is 12.7 Å². The summed E-state index contributed by atoms with van der Waals surface area (Å²) in [6.07, 6.45) is 0. The van der Waals surface area contributed by atoms with Crippen LogP contribution in [0.3, 0.4) is 0 Å². The van der Waals surface area contributed by atoms with Crippen LogP contribution in [-0.2, 0) is 4.79 Å². The summed E-state index contributed by atoms with van der Waals surface area (Å²) in [6.45, 7) is 3.66. The van der Waals surface area contributed by atoms with Gasteiger partial charge in [-0.1, -0.05) is 6.07 Å². The summed E-state index contributed by atoms with van der Waals surface area (Å²) in [7, 11) is 1.65. The van der Waals surface area contributed by atoms with Crippen molar-refractivity contribution in [3.63, 3.8) is 0 Å². The smallest absolute Gasteiger partial charge is 0.246 e. The van der Waals surface area contributed by atoms with E-state index in [1.807, 2.05) is 32.0 Å². The zero-order valence-electron chi connectivity index (χ0n) is 9.90. The third kappa shape index (κ3) is 2.59. The molecule has 4 heteroatoms. The van der Waals surface area contributed by atoms with Crippen LogP contribution in [0.25, 0.3) is 0 Å². The highest BCUT2D eigenvalue weighted by Gasteiger charge is 2.18. The van der Waals surface area contributed by atoms with E-state index in [9.17, 15) is 4.79 Å². The van der Waals surface area contributed by atoms with E-state index in [0.717, 1.165) is 11.3 Å². The molecule has 88 valence electrons. The molecule has 0 saturated carbocycles. The molecule has 0 aliphatic rings. The number of hydrogen-bond donors (Lipinski definition) is 2. The number of aryl methyl sites for hydroxylation is 2.